The highest BCUT2D eigenvalue weighted by molar-refractivity contribution is 7.17. The lowest BCUT2D eigenvalue weighted by atomic mass is 9.94. The number of carbonyl (C=O) groups is 1. The van der Waals surface area contributed by atoms with Gasteiger partial charge in [0.15, 0.2) is 0 Å². The lowest BCUT2D eigenvalue weighted by Crippen LogP contribution is -2.45. The molecule has 1 atom stereocenters. The molecule has 3 heterocycles. The van der Waals surface area contributed by atoms with E-state index >= 15 is 0 Å². The smallest absolute Gasteiger partial charge is 0.224 e. The van der Waals surface area contributed by atoms with Gasteiger partial charge in [-0.05, 0) is 44.9 Å². The van der Waals surface area contributed by atoms with Gasteiger partial charge in [-0.3, -0.25) is 9.36 Å². The predicted octanol–water partition coefficient (Wildman–Crippen LogP) is 2.93. The third-order valence-electron chi connectivity index (χ3n) is 6.25. The summed E-state index contributed by atoms with van der Waals surface area (Å²) in [5, 5.41) is 13.6. The first-order chi connectivity index (χ1) is 14.2. The molecule has 2 aromatic rings. The molecule has 2 aliphatic rings. The average molecular weight is 417 g/mol. The zero-order valence-corrected chi connectivity index (χ0v) is 18.1. The van der Waals surface area contributed by atoms with Crippen molar-refractivity contribution in [2.75, 3.05) is 38.1 Å². The van der Waals surface area contributed by atoms with E-state index in [-0.39, 0.29) is 11.8 Å². The van der Waals surface area contributed by atoms with Crippen molar-refractivity contribution in [1.29, 1.82) is 0 Å². The normalized spacial score (nSPS) is 20.9. The molecule has 1 aliphatic heterocycles. The second-order valence-electron chi connectivity index (χ2n) is 8.31. The third kappa shape index (κ3) is 5.17. The molecule has 1 N–H and O–H groups in total. The number of aromatic nitrogens is 3. The van der Waals surface area contributed by atoms with E-state index in [2.05, 4.69) is 32.4 Å². The molecule has 1 unspecified atom stereocenters. The number of hydrogen-bond donors (Lipinski definition) is 1. The highest BCUT2D eigenvalue weighted by Gasteiger charge is 2.28. The maximum absolute atomic E-state index is 12.7. The summed E-state index contributed by atoms with van der Waals surface area (Å²) in [7, 11) is 2.20. The number of rotatable bonds is 7. The van der Waals surface area contributed by atoms with Crippen LogP contribution < -0.4 is 10.2 Å². The van der Waals surface area contributed by atoms with Crippen molar-refractivity contribution in [1.82, 2.24) is 25.0 Å². The summed E-state index contributed by atoms with van der Waals surface area (Å²) in [5.41, 5.74) is 0. The Morgan fingerprint density at radius 3 is 2.69 bits per heavy atom. The number of amides is 1. The summed E-state index contributed by atoms with van der Waals surface area (Å²) in [6.45, 7) is 3.33. The van der Waals surface area contributed by atoms with Gasteiger partial charge >= 0.3 is 0 Å². The van der Waals surface area contributed by atoms with Crippen molar-refractivity contribution in [3.8, 4) is 5.13 Å². The van der Waals surface area contributed by atoms with Gasteiger partial charge in [-0.15, -0.1) is 10.2 Å². The molecule has 1 amide bonds. The molecular formula is C21H32N6OS. The first-order valence-electron chi connectivity index (χ1n) is 10.9. The zero-order chi connectivity index (χ0) is 20.1. The fraction of sp³-hybridized carbons (Fsp3) is 0.667. The molecule has 1 aliphatic carbocycles. The Labute approximate surface area is 177 Å². The topological polar surface area (TPSA) is 66.3 Å². The standard InChI is InChI=1S/C21H32N6OS/c1-25(18-9-3-2-4-10-18)15-11-22-19(28)17-8-7-14-27(16-17)21-24-23-20(29-21)26-12-5-6-13-26/h5-6,12-13,17-18H,2-4,7-11,14-16H2,1H3,(H,22,28). The van der Waals surface area contributed by atoms with Crippen molar-refractivity contribution < 1.29 is 4.79 Å². The summed E-state index contributed by atoms with van der Waals surface area (Å²) in [5.74, 6) is 0.213. The largest absolute Gasteiger partial charge is 0.355 e. The molecule has 0 spiro atoms. The molecule has 2 aromatic heterocycles. The monoisotopic (exact) mass is 416 g/mol. The van der Waals surface area contributed by atoms with Crippen molar-refractivity contribution in [2.45, 2.75) is 51.0 Å². The molecule has 29 heavy (non-hydrogen) atoms. The van der Waals surface area contributed by atoms with E-state index in [1.54, 1.807) is 11.3 Å². The molecule has 0 aromatic carbocycles. The molecule has 2 fully saturated rings. The van der Waals surface area contributed by atoms with Crippen LogP contribution in [0.5, 0.6) is 0 Å². The number of nitrogens with zero attached hydrogens (tertiary/aromatic N) is 5. The first kappa shape index (κ1) is 20.3. The van der Waals surface area contributed by atoms with Crippen molar-refractivity contribution in [3.63, 3.8) is 0 Å². The average Bonchev–Trinajstić information content (AvgIpc) is 3.46. The minimum Gasteiger partial charge on any atom is -0.355 e. The van der Waals surface area contributed by atoms with Gasteiger partial charge in [0.2, 0.25) is 16.2 Å². The number of piperidine rings is 1. The molecule has 7 nitrogen and oxygen atoms in total. The SMILES string of the molecule is CN(CCNC(=O)C1CCCN(c2nnc(-n3cccc3)s2)C1)C1CCCCC1. The summed E-state index contributed by atoms with van der Waals surface area (Å²) in [4.78, 5) is 17.4. The van der Waals surface area contributed by atoms with Crippen LogP contribution in [-0.2, 0) is 4.79 Å². The van der Waals surface area contributed by atoms with E-state index in [1.807, 2.05) is 29.1 Å². The Hall–Kier alpha value is -1.93. The minimum atomic E-state index is 0.0302. The number of nitrogens with one attached hydrogen (secondary N) is 1. The van der Waals surface area contributed by atoms with Crippen LogP contribution in [0.1, 0.15) is 44.9 Å². The fourth-order valence-corrected chi connectivity index (χ4v) is 5.32. The molecule has 4 rings (SSSR count). The van der Waals surface area contributed by atoms with Gasteiger partial charge < -0.3 is 15.1 Å². The Morgan fingerprint density at radius 2 is 1.90 bits per heavy atom. The molecule has 1 saturated heterocycles. The lowest BCUT2D eigenvalue weighted by molar-refractivity contribution is -0.125. The summed E-state index contributed by atoms with van der Waals surface area (Å²) < 4.78 is 1.97. The van der Waals surface area contributed by atoms with Crippen molar-refractivity contribution in [2.24, 2.45) is 5.92 Å². The van der Waals surface area contributed by atoms with Crippen LogP contribution in [-0.4, -0.2) is 64.8 Å². The van der Waals surface area contributed by atoms with Gasteiger partial charge in [-0.25, -0.2) is 0 Å². The van der Waals surface area contributed by atoms with Gasteiger partial charge in [-0.2, -0.15) is 0 Å². The van der Waals surface area contributed by atoms with Gasteiger partial charge in [0.25, 0.3) is 0 Å². The summed E-state index contributed by atoms with van der Waals surface area (Å²) in [6, 6.07) is 4.65. The van der Waals surface area contributed by atoms with Crippen LogP contribution in [0.4, 0.5) is 5.13 Å². The highest BCUT2D eigenvalue weighted by Crippen LogP contribution is 2.28. The predicted molar refractivity (Wildman–Crippen MR) is 117 cm³/mol. The number of hydrogen-bond acceptors (Lipinski definition) is 6. The van der Waals surface area contributed by atoms with Crippen LogP contribution in [0.2, 0.25) is 0 Å². The fourth-order valence-electron chi connectivity index (χ4n) is 4.47. The third-order valence-corrected chi connectivity index (χ3v) is 7.25. The molecular weight excluding hydrogens is 384 g/mol. The van der Waals surface area contributed by atoms with Crippen LogP contribution in [0, 0.1) is 5.92 Å². The van der Waals surface area contributed by atoms with E-state index in [0.717, 1.165) is 49.3 Å². The van der Waals surface area contributed by atoms with Crippen LogP contribution in [0.15, 0.2) is 24.5 Å². The summed E-state index contributed by atoms with van der Waals surface area (Å²) >= 11 is 1.58. The highest BCUT2D eigenvalue weighted by atomic mass is 32.1. The van der Waals surface area contributed by atoms with Crippen LogP contribution >= 0.6 is 11.3 Å². The molecule has 0 radical (unpaired) electrons. The number of anilines is 1. The Bertz CT molecular complexity index is 770. The van der Waals surface area contributed by atoms with Gasteiger partial charge in [0.1, 0.15) is 0 Å². The maximum atomic E-state index is 12.7. The van der Waals surface area contributed by atoms with Crippen LogP contribution in [0.25, 0.3) is 5.13 Å². The minimum absolute atomic E-state index is 0.0302. The van der Waals surface area contributed by atoms with Gasteiger partial charge in [0, 0.05) is 44.6 Å². The molecule has 158 valence electrons. The zero-order valence-electron chi connectivity index (χ0n) is 17.3. The number of carbonyl (C=O) groups excluding carboxylic acids is 1. The van der Waals surface area contributed by atoms with Gasteiger partial charge in [-0.1, -0.05) is 30.6 Å². The van der Waals surface area contributed by atoms with Gasteiger partial charge in [0.05, 0.1) is 5.92 Å². The summed E-state index contributed by atoms with van der Waals surface area (Å²) in [6.07, 6.45) is 12.6. The van der Waals surface area contributed by atoms with E-state index in [9.17, 15) is 4.79 Å². The van der Waals surface area contributed by atoms with Crippen molar-refractivity contribution in [3.05, 3.63) is 24.5 Å². The van der Waals surface area contributed by atoms with E-state index < -0.39 is 0 Å². The Balaban J connectivity index is 1.25. The first-order valence-corrected chi connectivity index (χ1v) is 11.7. The van der Waals surface area contributed by atoms with E-state index in [0.29, 0.717) is 6.04 Å². The molecule has 8 heteroatoms. The molecule has 0 bridgehead atoms. The van der Waals surface area contributed by atoms with Crippen molar-refractivity contribution >= 4 is 22.4 Å². The number of likely N-dealkylation sites (N-methyl/N-ethyl adjacent to an activating group) is 1. The Kier molecular flexibility index (Phi) is 6.82. The quantitative estimate of drug-likeness (QED) is 0.752. The van der Waals surface area contributed by atoms with E-state index in [4.69, 9.17) is 0 Å². The Morgan fingerprint density at radius 1 is 1.14 bits per heavy atom. The van der Waals surface area contributed by atoms with E-state index in [1.165, 1.54) is 32.1 Å². The maximum Gasteiger partial charge on any atom is 0.224 e. The second kappa shape index (κ2) is 9.71. The second-order valence-corrected chi connectivity index (χ2v) is 9.24. The molecule has 1 saturated carbocycles. The lowest BCUT2D eigenvalue weighted by Gasteiger charge is -2.32. The van der Waals surface area contributed by atoms with Crippen LogP contribution in [0.3, 0.4) is 0 Å².